The molecule has 0 amide bonds. The van der Waals surface area contributed by atoms with Gasteiger partial charge < -0.3 is 9.26 Å². The van der Waals surface area contributed by atoms with Crippen LogP contribution in [0.3, 0.4) is 0 Å². The lowest BCUT2D eigenvalue weighted by Gasteiger charge is -2.09. The van der Waals surface area contributed by atoms with E-state index in [1.807, 2.05) is 0 Å². The Morgan fingerprint density at radius 3 is 2.63 bits per heavy atom. The molecule has 4 rings (SSSR count). The molecule has 0 atom stereocenters. The number of alkyl halides is 2. The summed E-state index contributed by atoms with van der Waals surface area (Å²) in [5.74, 6) is 0.298. The summed E-state index contributed by atoms with van der Waals surface area (Å²) < 4.78 is 65.5. The SMILES string of the molecule is COc1cc(Cn2cccn2)cc2onc(NS(=O)(=O)c3ccc(C(F)F)cc3)c12. The van der Waals surface area contributed by atoms with Crippen molar-refractivity contribution in [2.24, 2.45) is 0 Å². The van der Waals surface area contributed by atoms with Gasteiger partial charge in [-0.25, -0.2) is 17.2 Å². The largest absolute Gasteiger partial charge is 0.496 e. The second-order valence-corrected chi connectivity index (χ2v) is 8.06. The maximum atomic E-state index is 12.7. The van der Waals surface area contributed by atoms with Crippen molar-refractivity contribution in [1.29, 1.82) is 0 Å². The lowest BCUT2D eigenvalue weighted by molar-refractivity contribution is 0.151. The number of hydrogen-bond acceptors (Lipinski definition) is 6. The highest BCUT2D eigenvalue weighted by atomic mass is 32.2. The summed E-state index contributed by atoms with van der Waals surface area (Å²) in [5, 5.41) is 8.30. The van der Waals surface area contributed by atoms with Crippen LogP contribution in [0.1, 0.15) is 17.6 Å². The van der Waals surface area contributed by atoms with Gasteiger partial charge in [0.25, 0.3) is 16.4 Å². The standard InChI is InChI=1S/C19H16F2N4O4S/c1-28-15-9-12(11-25-8-2-7-22-25)10-16-17(15)19(23-29-16)24-30(26,27)14-5-3-13(4-6-14)18(20)21/h2-10,18H,11H2,1H3,(H,23,24). The summed E-state index contributed by atoms with van der Waals surface area (Å²) in [7, 11) is -2.64. The van der Waals surface area contributed by atoms with Gasteiger partial charge in [0, 0.05) is 18.0 Å². The third kappa shape index (κ3) is 3.83. The highest BCUT2D eigenvalue weighted by Crippen LogP contribution is 2.35. The minimum absolute atomic E-state index is 0.0644. The second-order valence-electron chi connectivity index (χ2n) is 6.38. The van der Waals surface area contributed by atoms with Crippen molar-refractivity contribution in [2.45, 2.75) is 17.9 Å². The number of methoxy groups -OCH3 is 1. The van der Waals surface area contributed by atoms with Gasteiger partial charge in [0.05, 0.1) is 18.6 Å². The summed E-state index contributed by atoms with van der Waals surface area (Å²) >= 11 is 0. The van der Waals surface area contributed by atoms with Gasteiger partial charge in [0.15, 0.2) is 11.4 Å². The van der Waals surface area contributed by atoms with Gasteiger partial charge in [-0.1, -0.05) is 17.3 Å². The predicted molar refractivity (Wildman–Crippen MR) is 104 cm³/mol. The smallest absolute Gasteiger partial charge is 0.263 e. The van der Waals surface area contributed by atoms with Gasteiger partial charge in [-0.3, -0.25) is 9.40 Å². The third-order valence-corrected chi connectivity index (χ3v) is 5.75. The average Bonchev–Trinajstić information content (AvgIpc) is 3.37. The molecule has 0 radical (unpaired) electrons. The monoisotopic (exact) mass is 434 g/mol. The molecule has 1 N–H and O–H groups in total. The first kappa shape index (κ1) is 19.8. The number of hydrogen-bond donors (Lipinski definition) is 1. The summed E-state index contributed by atoms with van der Waals surface area (Å²) in [6.07, 6.45) is 0.773. The highest BCUT2D eigenvalue weighted by Gasteiger charge is 2.22. The van der Waals surface area contributed by atoms with Crippen LogP contribution in [0.4, 0.5) is 14.6 Å². The minimum Gasteiger partial charge on any atom is -0.496 e. The zero-order valence-electron chi connectivity index (χ0n) is 15.6. The molecule has 2 aromatic carbocycles. The van der Waals surface area contributed by atoms with E-state index in [0.717, 1.165) is 29.8 Å². The van der Waals surface area contributed by atoms with Crippen LogP contribution in [0.5, 0.6) is 5.75 Å². The van der Waals surface area contributed by atoms with Crippen LogP contribution in [0.15, 0.2) is 64.3 Å². The number of aromatic nitrogens is 3. The number of anilines is 1. The lowest BCUT2D eigenvalue weighted by Crippen LogP contribution is -2.13. The molecule has 30 heavy (non-hydrogen) atoms. The van der Waals surface area contributed by atoms with E-state index in [9.17, 15) is 17.2 Å². The van der Waals surface area contributed by atoms with Crippen LogP contribution >= 0.6 is 0 Å². The fraction of sp³-hybridized carbons (Fsp3) is 0.158. The van der Waals surface area contributed by atoms with Gasteiger partial charge in [-0.2, -0.15) is 5.10 Å². The van der Waals surface area contributed by atoms with Crippen LogP contribution in [-0.2, 0) is 16.6 Å². The van der Waals surface area contributed by atoms with E-state index in [0.29, 0.717) is 23.3 Å². The molecule has 4 aromatic rings. The number of benzene rings is 2. The Kier molecular flexibility index (Phi) is 5.12. The third-order valence-electron chi connectivity index (χ3n) is 4.39. The molecule has 0 fully saturated rings. The second kappa shape index (κ2) is 7.75. The Balaban J connectivity index is 1.67. The molecular weight excluding hydrogens is 418 g/mol. The summed E-state index contributed by atoms with van der Waals surface area (Å²) in [5.41, 5.74) is 0.866. The first-order valence-electron chi connectivity index (χ1n) is 8.72. The van der Waals surface area contributed by atoms with Crippen LogP contribution in [-0.4, -0.2) is 30.5 Å². The normalized spacial score (nSPS) is 11.9. The fourth-order valence-corrected chi connectivity index (χ4v) is 3.98. The van der Waals surface area contributed by atoms with Crippen LogP contribution in [0, 0.1) is 0 Å². The van der Waals surface area contributed by atoms with E-state index in [4.69, 9.17) is 9.26 Å². The van der Waals surface area contributed by atoms with Gasteiger partial charge in [-0.05, 0) is 35.9 Å². The van der Waals surface area contributed by atoms with Gasteiger partial charge >= 0.3 is 0 Å². The van der Waals surface area contributed by atoms with E-state index < -0.39 is 16.4 Å². The van der Waals surface area contributed by atoms with Crippen molar-refractivity contribution >= 4 is 26.8 Å². The predicted octanol–water partition coefficient (Wildman–Crippen LogP) is 3.82. The van der Waals surface area contributed by atoms with Crippen molar-refractivity contribution in [2.75, 3.05) is 11.8 Å². The van der Waals surface area contributed by atoms with Gasteiger partial charge in [0.2, 0.25) is 0 Å². The Morgan fingerprint density at radius 1 is 1.23 bits per heavy atom. The van der Waals surface area contributed by atoms with Crippen molar-refractivity contribution < 1.29 is 26.5 Å². The zero-order valence-corrected chi connectivity index (χ0v) is 16.4. The maximum absolute atomic E-state index is 12.7. The molecule has 0 saturated heterocycles. The number of rotatable bonds is 7. The van der Waals surface area contributed by atoms with Crippen molar-refractivity contribution in [3.63, 3.8) is 0 Å². The first-order valence-corrected chi connectivity index (χ1v) is 10.2. The molecule has 11 heteroatoms. The topological polar surface area (TPSA) is 99.2 Å². The van der Waals surface area contributed by atoms with Crippen molar-refractivity contribution in [1.82, 2.24) is 14.9 Å². The highest BCUT2D eigenvalue weighted by molar-refractivity contribution is 7.92. The summed E-state index contributed by atoms with van der Waals surface area (Å²) in [4.78, 5) is -0.183. The molecule has 2 aromatic heterocycles. The molecule has 0 aliphatic heterocycles. The number of nitrogens with zero attached hydrogens (tertiary/aromatic N) is 3. The molecular formula is C19H16F2N4O4S. The number of sulfonamides is 1. The number of halogens is 2. The Labute approximate surface area is 170 Å². The molecule has 8 nitrogen and oxygen atoms in total. The van der Waals surface area contributed by atoms with Crippen LogP contribution in [0.25, 0.3) is 11.0 Å². The molecule has 2 heterocycles. The number of fused-ring (bicyclic) bond motifs is 1. The summed E-state index contributed by atoms with van der Waals surface area (Å²) in [6.45, 7) is 0.456. The molecule has 156 valence electrons. The minimum atomic E-state index is -4.08. The molecule has 0 spiro atoms. The van der Waals surface area contributed by atoms with E-state index in [1.54, 1.807) is 35.3 Å². The summed E-state index contributed by atoms with van der Waals surface area (Å²) in [6, 6.07) is 9.56. The molecule has 0 aliphatic carbocycles. The Bertz CT molecular complexity index is 1270. The molecule has 0 aliphatic rings. The quantitative estimate of drug-likeness (QED) is 0.475. The van der Waals surface area contributed by atoms with Gasteiger partial charge in [0.1, 0.15) is 11.1 Å². The van der Waals surface area contributed by atoms with Crippen molar-refractivity contribution in [3.05, 3.63) is 66.0 Å². The van der Waals surface area contributed by atoms with E-state index in [1.165, 1.54) is 7.11 Å². The fourth-order valence-electron chi connectivity index (χ4n) is 2.97. The maximum Gasteiger partial charge on any atom is 0.263 e. The lowest BCUT2D eigenvalue weighted by atomic mass is 10.1. The molecule has 0 bridgehead atoms. The van der Waals surface area contributed by atoms with E-state index in [-0.39, 0.29) is 16.3 Å². The van der Waals surface area contributed by atoms with Gasteiger partial charge in [-0.15, -0.1) is 0 Å². The molecule has 0 saturated carbocycles. The zero-order chi connectivity index (χ0) is 21.3. The Hall–Kier alpha value is -3.47. The number of nitrogens with one attached hydrogen (secondary N) is 1. The van der Waals surface area contributed by atoms with Crippen LogP contribution in [0.2, 0.25) is 0 Å². The number of ether oxygens (including phenoxy) is 1. The van der Waals surface area contributed by atoms with Crippen molar-refractivity contribution in [3.8, 4) is 5.75 Å². The van der Waals surface area contributed by atoms with E-state index >= 15 is 0 Å². The molecule has 0 unspecified atom stereocenters. The average molecular weight is 434 g/mol. The Morgan fingerprint density at radius 2 is 2.00 bits per heavy atom. The van der Waals surface area contributed by atoms with E-state index in [2.05, 4.69) is 15.0 Å². The first-order chi connectivity index (χ1) is 14.4. The van der Waals surface area contributed by atoms with Crippen LogP contribution < -0.4 is 9.46 Å².